The van der Waals surface area contributed by atoms with Crippen LogP contribution < -0.4 is 5.90 Å². The third-order valence-electron chi connectivity index (χ3n) is 3.85. The van der Waals surface area contributed by atoms with Gasteiger partial charge < -0.3 is 14.5 Å². The summed E-state index contributed by atoms with van der Waals surface area (Å²) in [5.74, 6) is 4.99. The number of rotatable bonds is 4. The molecule has 0 unspecified atom stereocenters. The summed E-state index contributed by atoms with van der Waals surface area (Å²) >= 11 is 0. The highest BCUT2D eigenvalue weighted by Crippen LogP contribution is 2.45. The molecular weight excluding hydrogens is 280 g/mol. The minimum atomic E-state index is -0.395. The minimum absolute atomic E-state index is 0.267. The van der Waals surface area contributed by atoms with Crippen molar-refractivity contribution in [2.75, 3.05) is 20.2 Å². The Kier molecular flexibility index (Phi) is 4.09. The Hall–Kier alpha value is -2.37. The monoisotopic (exact) mass is 298 g/mol. The van der Waals surface area contributed by atoms with Crippen LogP contribution in [0.4, 0.5) is 4.79 Å². The maximum atomic E-state index is 12.2. The molecule has 0 aromatic heterocycles. The van der Waals surface area contributed by atoms with Crippen LogP contribution in [0.1, 0.15) is 17.2 Å². The van der Waals surface area contributed by atoms with E-state index in [1.807, 2.05) is 48.5 Å². The molecule has 1 amide bonds. The van der Waals surface area contributed by atoms with Gasteiger partial charge in [0, 0.05) is 24.7 Å². The first kappa shape index (κ1) is 14.6. The van der Waals surface area contributed by atoms with Crippen molar-refractivity contribution in [1.82, 2.24) is 4.90 Å². The Morgan fingerprint density at radius 1 is 1.09 bits per heavy atom. The fourth-order valence-electron chi connectivity index (χ4n) is 2.71. The van der Waals surface area contributed by atoms with E-state index in [1.165, 1.54) is 4.90 Å². The predicted molar refractivity (Wildman–Crippen MR) is 83.0 cm³/mol. The topological polar surface area (TPSA) is 64.8 Å². The van der Waals surface area contributed by atoms with Crippen molar-refractivity contribution < 1.29 is 14.4 Å². The van der Waals surface area contributed by atoms with Crippen LogP contribution in [0.25, 0.3) is 11.1 Å². The Morgan fingerprint density at radius 3 is 2.18 bits per heavy atom. The Balaban J connectivity index is 1.86. The number of amides is 1. The fourth-order valence-corrected chi connectivity index (χ4v) is 2.71. The third kappa shape index (κ3) is 2.56. The predicted octanol–water partition coefficient (Wildman–Crippen LogP) is 2.72. The zero-order chi connectivity index (χ0) is 15.5. The SMILES string of the molecule is CN(CCON)C(=O)OC1c2ccccc2-c2ccccc21. The van der Waals surface area contributed by atoms with Crippen molar-refractivity contribution >= 4 is 6.09 Å². The molecule has 0 saturated heterocycles. The zero-order valence-corrected chi connectivity index (χ0v) is 12.4. The molecule has 0 saturated carbocycles. The number of hydrogen-bond acceptors (Lipinski definition) is 4. The number of carbonyl (C=O) groups is 1. The number of carbonyl (C=O) groups excluding carboxylic acids is 1. The van der Waals surface area contributed by atoms with E-state index in [-0.39, 0.29) is 12.7 Å². The van der Waals surface area contributed by atoms with E-state index in [0.717, 1.165) is 22.3 Å². The molecule has 0 bridgehead atoms. The van der Waals surface area contributed by atoms with Crippen LogP contribution in [-0.4, -0.2) is 31.2 Å². The standard InChI is InChI=1S/C17H18N2O3/c1-19(10-11-21-18)17(20)22-16-14-8-4-2-6-12(14)13-7-3-5-9-15(13)16/h2-9,16H,10-11,18H2,1H3. The van der Waals surface area contributed by atoms with E-state index >= 15 is 0 Å². The number of nitrogens with zero attached hydrogens (tertiary/aromatic N) is 1. The van der Waals surface area contributed by atoms with Gasteiger partial charge in [-0.1, -0.05) is 48.5 Å². The summed E-state index contributed by atoms with van der Waals surface area (Å²) in [5, 5.41) is 0. The lowest BCUT2D eigenvalue weighted by Crippen LogP contribution is -2.32. The molecule has 1 aliphatic carbocycles. The largest absolute Gasteiger partial charge is 0.436 e. The molecule has 0 radical (unpaired) electrons. The maximum absolute atomic E-state index is 12.2. The van der Waals surface area contributed by atoms with Crippen LogP contribution in [0.2, 0.25) is 0 Å². The first-order chi connectivity index (χ1) is 10.7. The van der Waals surface area contributed by atoms with Gasteiger partial charge in [-0.05, 0) is 11.1 Å². The van der Waals surface area contributed by atoms with E-state index in [0.29, 0.717) is 6.54 Å². The molecule has 5 nitrogen and oxygen atoms in total. The third-order valence-corrected chi connectivity index (χ3v) is 3.85. The summed E-state index contributed by atoms with van der Waals surface area (Å²) in [6.45, 7) is 0.648. The van der Waals surface area contributed by atoms with Crippen molar-refractivity contribution in [2.24, 2.45) is 5.90 Å². The van der Waals surface area contributed by atoms with E-state index in [2.05, 4.69) is 4.84 Å². The van der Waals surface area contributed by atoms with Gasteiger partial charge >= 0.3 is 6.09 Å². The van der Waals surface area contributed by atoms with Crippen molar-refractivity contribution in [1.29, 1.82) is 0 Å². The van der Waals surface area contributed by atoms with Gasteiger partial charge in [0.25, 0.3) is 0 Å². The highest BCUT2D eigenvalue weighted by Gasteiger charge is 2.31. The molecule has 3 rings (SSSR count). The van der Waals surface area contributed by atoms with Gasteiger partial charge in [0.15, 0.2) is 6.10 Å². The molecule has 1 aliphatic rings. The van der Waals surface area contributed by atoms with E-state index in [9.17, 15) is 4.79 Å². The highest BCUT2D eigenvalue weighted by molar-refractivity contribution is 5.79. The fraction of sp³-hybridized carbons (Fsp3) is 0.235. The van der Waals surface area contributed by atoms with E-state index in [4.69, 9.17) is 10.6 Å². The van der Waals surface area contributed by atoms with Crippen LogP contribution in [0, 0.1) is 0 Å². The lowest BCUT2D eigenvalue weighted by molar-refractivity contribution is 0.0685. The van der Waals surface area contributed by atoms with Crippen molar-refractivity contribution in [3.63, 3.8) is 0 Å². The number of fused-ring (bicyclic) bond motifs is 3. The normalized spacial score (nSPS) is 12.6. The van der Waals surface area contributed by atoms with Crippen LogP contribution in [0.3, 0.4) is 0 Å². The average Bonchev–Trinajstić information content (AvgIpc) is 2.87. The van der Waals surface area contributed by atoms with Crippen LogP contribution in [0.5, 0.6) is 0 Å². The molecule has 2 aromatic carbocycles. The number of nitrogens with two attached hydrogens (primary N) is 1. The van der Waals surface area contributed by atoms with Crippen molar-refractivity contribution in [3.05, 3.63) is 59.7 Å². The second-order valence-corrected chi connectivity index (χ2v) is 5.23. The molecule has 2 N–H and O–H groups in total. The van der Waals surface area contributed by atoms with Gasteiger partial charge in [-0.15, -0.1) is 0 Å². The number of hydrogen-bond donors (Lipinski definition) is 1. The smallest absolute Gasteiger partial charge is 0.410 e. The van der Waals surface area contributed by atoms with Crippen LogP contribution >= 0.6 is 0 Å². The number of ether oxygens (including phenoxy) is 1. The zero-order valence-electron chi connectivity index (χ0n) is 12.4. The van der Waals surface area contributed by atoms with Gasteiger partial charge in [-0.3, -0.25) is 0 Å². The van der Waals surface area contributed by atoms with Crippen LogP contribution in [0.15, 0.2) is 48.5 Å². The van der Waals surface area contributed by atoms with Gasteiger partial charge in [0.1, 0.15) is 0 Å². The van der Waals surface area contributed by atoms with Gasteiger partial charge in [0.2, 0.25) is 0 Å². The minimum Gasteiger partial charge on any atom is -0.436 e. The maximum Gasteiger partial charge on any atom is 0.410 e. The van der Waals surface area contributed by atoms with E-state index < -0.39 is 6.09 Å². The Labute approximate surface area is 129 Å². The molecular formula is C17H18N2O3. The second kappa shape index (κ2) is 6.17. The highest BCUT2D eigenvalue weighted by atomic mass is 16.6. The second-order valence-electron chi connectivity index (χ2n) is 5.23. The molecule has 0 heterocycles. The lowest BCUT2D eigenvalue weighted by Gasteiger charge is -2.21. The lowest BCUT2D eigenvalue weighted by atomic mass is 10.1. The van der Waals surface area contributed by atoms with Gasteiger partial charge in [0.05, 0.1) is 6.61 Å². The van der Waals surface area contributed by atoms with Crippen molar-refractivity contribution in [2.45, 2.75) is 6.10 Å². The van der Waals surface area contributed by atoms with Gasteiger partial charge in [-0.2, -0.15) is 0 Å². The number of benzene rings is 2. The molecule has 0 aliphatic heterocycles. The first-order valence-corrected chi connectivity index (χ1v) is 7.14. The summed E-state index contributed by atoms with van der Waals surface area (Å²) in [7, 11) is 1.66. The molecule has 0 fully saturated rings. The Morgan fingerprint density at radius 2 is 1.64 bits per heavy atom. The Bertz CT molecular complexity index is 642. The molecule has 0 spiro atoms. The summed E-state index contributed by atoms with van der Waals surface area (Å²) in [4.78, 5) is 18.2. The summed E-state index contributed by atoms with van der Waals surface area (Å²) in [5.41, 5.74) is 4.26. The molecule has 114 valence electrons. The summed E-state index contributed by atoms with van der Waals surface area (Å²) in [6, 6.07) is 16.0. The molecule has 0 atom stereocenters. The number of likely N-dealkylation sites (N-methyl/N-ethyl adjacent to an activating group) is 1. The quantitative estimate of drug-likeness (QED) is 0.881. The average molecular weight is 298 g/mol. The first-order valence-electron chi connectivity index (χ1n) is 7.14. The van der Waals surface area contributed by atoms with E-state index in [1.54, 1.807) is 7.05 Å². The summed E-state index contributed by atoms with van der Waals surface area (Å²) < 4.78 is 5.71. The molecule has 5 heteroatoms. The molecule has 2 aromatic rings. The van der Waals surface area contributed by atoms with Gasteiger partial charge in [-0.25, -0.2) is 10.7 Å². The summed E-state index contributed by atoms with van der Waals surface area (Å²) in [6.07, 6.45) is -0.769. The molecule has 22 heavy (non-hydrogen) atoms. The van der Waals surface area contributed by atoms with Crippen LogP contribution in [-0.2, 0) is 9.57 Å². The van der Waals surface area contributed by atoms with Crippen molar-refractivity contribution in [3.8, 4) is 11.1 Å².